The molecule has 0 aliphatic rings. The molecule has 1 heterocycles. The van der Waals surface area contributed by atoms with Gasteiger partial charge in [0.15, 0.2) is 5.52 Å². The predicted octanol–water partition coefficient (Wildman–Crippen LogP) is 4.63. The van der Waals surface area contributed by atoms with Crippen LogP contribution >= 0.6 is 0 Å². The first-order valence-electron chi connectivity index (χ1n) is 11.0. The SMILES string of the molecule is O=c1c(-c2cccc([N+](=O)[O-])c2)[n+]([O-])c2ccccc2n1OCc1ccc(Oc2ccccc2)cc1. The molecule has 178 valence electrons. The smallest absolute Gasteiger partial charge is 0.357 e. The van der Waals surface area contributed by atoms with Crippen LogP contribution in [0.2, 0.25) is 0 Å². The van der Waals surface area contributed by atoms with Gasteiger partial charge in [0.25, 0.3) is 11.4 Å². The number of hydrogen-bond donors (Lipinski definition) is 0. The van der Waals surface area contributed by atoms with E-state index in [0.29, 0.717) is 16.2 Å². The molecule has 0 radical (unpaired) electrons. The number of ether oxygens (including phenoxy) is 1. The topological polar surface area (TPSA) is 111 Å². The van der Waals surface area contributed by atoms with Gasteiger partial charge in [0.05, 0.1) is 10.5 Å². The highest BCUT2D eigenvalue weighted by atomic mass is 16.7. The quantitative estimate of drug-likeness (QED) is 0.145. The lowest BCUT2D eigenvalue weighted by Crippen LogP contribution is -2.42. The number of benzene rings is 4. The molecule has 0 N–H and O–H groups in total. The molecule has 0 saturated heterocycles. The van der Waals surface area contributed by atoms with Gasteiger partial charge in [-0.15, -0.1) is 4.73 Å². The van der Waals surface area contributed by atoms with Crippen LogP contribution in [0.5, 0.6) is 11.5 Å². The number of hydrogen-bond acceptors (Lipinski definition) is 6. The second-order valence-corrected chi connectivity index (χ2v) is 7.87. The first kappa shape index (κ1) is 22.6. The molecule has 9 nitrogen and oxygen atoms in total. The number of rotatable bonds is 7. The molecule has 0 aliphatic carbocycles. The molecule has 4 aromatic carbocycles. The number of fused-ring (bicyclic) bond motifs is 1. The average molecular weight is 481 g/mol. The molecule has 0 amide bonds. The summed E-state index contributed by atoms with van der Waals surface area (Å²) in [6.07, 6.45) is 0. The highest BCUT2D eigenvalue weighted by Crippen LogP contribution is 2.22. The molecule has 0 fully saturated rings. The Hall–Kier alpha value is -5.18. The number of nitrogens with zero attached hydrogens (tertiary/aromatic N) is 3. The fourth-order valence-electron chi connectivity index (χ4n) is 3.77. The predicted molar refractivity (Wildman–Crippen MR) is 133 cm³/mol. The zero-order valence-corrected chi connectivity index (χ0v) is 18.8. The summed E-state index contributed by atoms with van der Waals surface area (Å²) in [4.78, 5) is 29.9. The van der Waals surface area contributed by atoms with Crippen LogP contribution < -0.4 is 19.9 Å². The minimum absolute atomic E-state index is 0.0345. The Balaban J connectivity index is 1.48. The second-order valence-electron chi connectivity index (χ2n) is 7.87. The summed E-state index contributed by atoms with van der Waals surface area (Å²) < 4.78 is 7.32. The Morgan fingerprint density at radius 3 is 2.28 bits per heavy atom. The fourth-order valence-corrected chi connectivity index (χ4v) is 3.77. The van der Waals surface area contributed by atoms with Crippen molar-refractivity contribution < 1.29 is 19.2 Å². The monoisotopic (exact) mass is 481 g/mol. The lowest BCUT2D eigenvalue weighted by molar-refractivity contribution is -0.566. The third-order valence-corrected chi connectivity index (χ3v) is 5.50. The Morgan fingerprint density at radius 2 is 1.53 bits per heavy atom. The van der Waals surface area contributed by atoms with Crippen LogP contribution in [-0.2, 0) is 6.61 Å². The van der Waals surface area contributed by atoms with Gasteiger partial charge in [-0.25, -0.2) is 0 Å². The first-order chi connectivity index (χ1) is 17.5. The minimum Gasteiger partial charge on any atom is -0.618 e. The Morgan fingerprint density at radius 1 is 0.833 bits per heavy atom. The molecule has 0 aliphatic heterocycles. The number of nitro benzene ring substituents is 1. The third-order valence-electron chi connectivity index (χ3n) is 5.50. The van der Waals surface area contributed by atoms with Crippen LogP contribution in [-0.4, -0.2) is 9.65 Å². The van der Waals surface area contributed by atoms with E-state index in [1.165, 1.54) is 24.3 Å². The summed E-state index contributed by atoms with van der Waals surface area (Å²) in [5.41, 5.74) is 0.111. The van der Waals surface area contributed by atoms with Crippen LogP contribution in [0.15, 0.2) is 108 Å². The largest absolute Gasteiger partial charge is 0.618 e. The Kier molecular flexibility index (Phi) is 6.02. The maximum Gasteiger partial charge on any atom is 0.357 e. The molecule has 5 rings (SSSR count). The molecular weight excluding hydrogens is 462 g/mol. The Bertz CT molecular complexity index is 1620. The average Bonchev–Trinajstić information content (AvgIpc) is 2.90. The molecule has 1 aromatic heterocycles. The van der Waals surface area contributed by atoms with E-state index >= 15 is 0 Å². The summed E-state index contributed by atoms with van der Waals surface area (Å²) in [5.74, 6) is 1.36. The molecule has 0 spiro atoms. The summed E-state index contributed by atoms with van der Waals surface area (Å²) in [5, 5.41) is 24.3. The maximum absolute atomic E-state index is 13.4. The van der Waals surface area contributed by atoms with Gasteiger partial charge in [0, 0.05) is 18.2 Å². The van der Waals surface area contributed by atoms with Crippen molar-refractivity contribution in [2.45, 2.75) is 6.61 Å². The van der Waals surface area contributed by atoms with Crippen LogP contribution in [0.3, 0.4) is 0 Å². The van der Waals surface area contributed by atoms with Crippen molar-refractivity contribution in [1.82, 2.24) is 4.73 Å². The second kappa shape index (κ2) is 9.59. The number of para-hydroxylation sites is 3. The Labute approximate surface area is 204 Å². The summed E-state index contributed by atoms with van der Waals surface area (Å²) >= 11 is 0. The van der Waals surface area contributed by atoms with Crippen molar-refractivity contribution in [2.24, 2.45) is 0 Å². The van der Waals surface area contributed by atoms with E-state index in [1.54, 1.807) is 36.4 Å². The van der Waals surface area contributed by atoms with Gasteiger partial charge in [-0.05, 0) is 42.0 Å². The zero-order chi connectivity index (χ0) is 25.1. The first-order valence-corrected chi connectivity index (χ1v) is 11.0. The van der Waals surface area contributed by atoms with Crippen molar-refractivity contribution in [3.63, 3.8) is 0 Å². The van der Waals surface area contributed by atoms with Crippen molar-refractivity contribution in [3.8, 4) is 22.8 Å². The molecule has 0 bridgehead atoms. The van der Waals surface area contributed by atoms with Crippen LogP contribution in [0, 0.1) is 15.3 Å². The molecule has 0 atom stereocenters. The molecule has 0 unspecified atom stereocenters. The van der Waals surface area contributed by atoms with Gasteiger partial charge in [0.1, 0.15) is 18.1 Å². The maximum atomic E-state index is 13.4. The minimum atomic E-state index is -0.728. The van der Waals surface area contributed by atoms with Crippen LogP contribution in [0.4, 0.5) is 5.69 Å². The van der Waals surface area contributed by atoms with Gasteiger partial charge < -0.3 is 14.8 Å². The van der Waals surface area contributed by atoms with Crippen molar-refractivity contribution in [2.75, 3.05) is 0 Å². The van der Waals surface area contributed by atoms with Gasteiger partial charge in [-0.2, -0.15) is 4.73 Å². The highest BCUT2D eigenvalue weighted by molar-refractivity contribution is 5.73. The lowest BCUT2D eigenvalue weighted by atomic mass is 10.1. The number of non-ortho nitro benzene ring substituents is 1. The van der Waals surface area contributed by atoms with Crippen molar-refractivity contribution in [3.05, 3.63) is 134 Å². The molecule has 5 aromatic rings. The standard InChI is InChI=1S/C27H19N3O6/c31-27-26(20-7-6-8-21(17-20)30(33)34)28(32)24-11-4-5-12-25(24)29(27)35-18-19-13-15-23(16-14-19)36-22-9-2-1-3-10-22/h1-17H,18H2. The van der Waals surface area contributed by atoms with E-state index in [1.807, 2.05) is 42.5 Å². The normalized spacial score (nSPS) is 10.8. The van der Waals surface area contributed by atoms with E-state index in [0.717, 1.165) is 10.3 Å². The molecule has 0 saturated carbocycles. The van der Waals surface area contributed by atoms with Gasteiger partial charge in [0.2, 0.25) is 5.52 Å². The van der Waals surface area contributed by atoms with E-state index < -0.39 is 10.5 Å². The van der Waals surface area contributed by atoms with Gasteiger partial charge in [-0.1, -0.05) is 48.5 Å². The molecule has 36 heavy (non-hydrogen) atoms. The zero-order valence-electron chi connectivity index (χ0n) is 18.8. The highest BCUT2D eigenvalue weighted by Gasteiger charge is 2.24. The third kappa shape index (κ3) is 4.45. The lowest BCUT2D eigenvalue weighted by Gasteiger charge is -2.14. The van der Waals surface area contributed by atoms with E-state index in [9.17, 15) is 20.1 Å². The molecule has 9 heteroatoms. The van der Waals surface area contributed by atoms with Crippen LogP contribution in [0.1, 0.15) is 5.56 Å². The van der Waals surface area contributed by atoms with E-state index in [-0.39, 0.29) is 34.6 Å². The summed E-state index contributed by atoms with van der Waals surface area (Å²) in [7, 11) is 0. The fraction of sp³-hybridized carbons (Fsp3) is 0.0370. The molecular formula is C27H19N3O6. The van der Waals surface area contributed by atoms with Gasteiger partial charge in [-0.3, -0.25) is 14.9 Å². The van der Waals surface area contributed by atoms with E-state index in [2.05, 4.69) is 0 Å². The van der Waals surface area contributed by atoms with Crippen molar-refractivity contribution >= 4 is 16.7 Å². The van der Waals surface area contributed by atoms with Gasteiger partial charge >= 0.3 is 5.56 Å². The summed E-state index contributed by atoms with van der Waals surface area (Å²) in [6.45, 7) is 0.0345. The number of nitro groups is 1. The van der Waals surface area contributed by atoms with E-state index in [4.69, 9.17) is 9.57 Å². The van der Waals surface area contributed by atoms with Crippen LogP contribution in [0.25, 0.3) is 22.3 Å². The number of aromatic nitrogens is 2. The summed E-state index contributed by atoms with van der Waals surface area (Å²) in [6, 6.07) is 28.4. The van der Waals surface area contributed by atoms with Crippen molar-refractivity contribution in [1.29, 1.82) is 0 Å².